The number of hydrogen-bond donors (Lipinski definition) is 3. The molecule has 3 aromatic rings. The molecule has 1 fully saturated rings. The second-order valence-corrected chi connectivity index (χ2v) is 12.9. The van der Waals surface area contributed by atoms with E-state index in [4.69, 9.17) is 14.3 Å². The van der Waals surface area contributed by atoms with Crippen LogP contribution < -0.4 is 5.48 Å². The third kappa shape index (κ3) is 5.51. The Labute approximate surface area is 223 Å². The third-order valence-corrected chi connectivity index (χ3v) is 9.46. The molecule has 1 saturated heterocycles. The molecule has 204 valence electrons. The lowest BCUT2D eigenvalue weighted by Gasteiger charge is -2.43. The molecule has 3 N–H and O–H groups in total. The second kappa shape index (κ2) is 10.9. The Bertz CT molecular complexity index is 1510. The second-order valence-electron chi connectivity index (χ2n) is 9.22. The number of carboxylic acid groups (broad SMARTS) is 1. The van der Waals surface area contributed by atoms with Gasteiger partial charge in [0.2, 0.25) is 10.0 Å². The molecular weight excluding hydrogens is 534 g/mol. The number of rotatable bonds is 8. The molecule has 38 heavy (non-hydrogen) atoms. The highest BCUT2D eigenvalue weighted by Crippen LogP contribution is 2.39. The molecule has 1 aromatic heterocycles. The Morgan fingerprint density at radius 2 is 1.95 bits per heavy atom. The van der Waals surface area contributed by atoms with Crippen molar-refractivity contribution >= 4 is 67.2 Å². The number of sulfonamides is 1. The summed E-state index contributed by atoms with van der Waals surface area (Å²) in [7, 11) is -4.10. The maximum absolute atomic E-state index is 13.7. The molecular formula is C25H29N3O8S2. The molecule has 0 radical (unpaired) electrons. The first-order valence-corrected chi connectivity index (χ1v) is 14.4. The Morgan fingerprint density at radius 1 is 1.18 bits per heavy atom. The molecule has 0 saturated carbocycles. The summed E-state index contributed by atoms with van der Waals surface area (Å²) in [5.41, 5.74) is 3.05. The zero-order valence-electron chi connectivity index (χ0n) is 21.1. The predicted molar refractivity (Wildman–Crippen MR) is 143 cm³/mol. The van der Waals surface area contributed by atoms with Gasteiger partial charge in [0.15, 0.2) is 5.90 Å². The highest BCUT2D eigenvalue weighted by atomic mass is 32.2. The molecule has 1 aliphatic heterocycles. The van der Waals surface area contributed by atoms with E-state index in [0.29, 0.717) is 45.9 Å². The van der Waals surface area contributed by atoms with Crippen LogP contribution in [0.5, 0.6) is 0 Å². The lowest BCUT2D eigenvalue weighted by atomic mass is 10.0. The summed E-state index contributed by atoms with van der Waals surface area (Å²) in [6, 6.07) is 8.55. The van der Waals surface area contributed by atoms with E-state index in [1.54, 1.807) is 50.5 Å². The van der Waals surface area contributed by atoms with Crippen molar-refractivity contribution < 1.29 is 37.5 Å². The first-order chi connectivity index (χ1) is 18.0. The Hall–Kier alpha value is -3.13. The number of furan rings is 1. The van der Waals surface area contributed by atoms with E-state index in [-0.39, 0.29) is 24.3 Å². The summed E-state index contributed by atoms with van der Waals surface area (Å²) in [4.78, 5) is 27.8. The van der Waals surface area contributed by atoms with Gasteiger partial charge >= 0.3 is 5.97 Å². The number of aliphatic imine (C=N–C) groups is 1. The molecule has 0 bridgehead atoms. The number of carboxylic acids is 1. The number of hydrogen-bond acceptors (Lipinski definition) is 9. The van der Waals surface area contributed by atoms with Crippen LogP contribution in [-0.2, 0) is 24.3 Å². The molecule has 2 aromatic carbocycles. The number of nitrogens with zero attached hydrogens (tertiary/aromatic N) is 2. The lowest BCUT2D eigenvalue weighted by molar-refractivity contribution is -0.137. The fraction of sp³-hybridized carbons (Fsp3) is 0.400. The van der Waals surface area contributed by atoms with Crippen LogP contribution in [0.4, 0.5) is 5.69 Å². The number of hydroxylamine groups is 1. The molecule has 11 nitrogen and oxygen atoms in total. The summed E-state index contributed by atoms with van der Waals surface area (Å²) in [6.07, 6.45) is 0.0281. The monoisotopic (exact) mass is 563 g/mol. The number of benzene rings is 2. The minimum absolute atomic E-state index is 0.000500. The maximum Gasteiger partial charge on any atom is 0.303 e. The van der Waals surface area contributed by atoms with E-state index in [1.807, 2.05) is 0 Å². The normalized spacial score (nSPS) is 18.5. The number of amides is 1. The fourth-order valence-electron chi connectivity index (χ4n) is 4.52. The van der Waals surface area contributed by atoms with E-state index in [1.165, 1.54) is 23.9 Å². The van der Waals surface area contributed by atoms with Crippen LogP contribution in [0.15, 0.2) is 50.7 Å². The lowest BCUT2D eigenvalue weighted by Crippen LogP contribution is -2.61. The van der Waals surface area contributed by atoms with E-state index < -0.39 is 32.7 Å². The van der Waals surface area contributed by atoms with Crippen molar-refractivity contribution in [2.24, 2.45) is 4.99 Å². The molecule has 0 aliphatic carbocycles. The third-order valence-electron chi connectivity index (χ3n) is 6.24. The molecule has 0 spiro atoms. The smallest absolute Gasteiger partial charge is 0.303 e. The van der Waals surface area contributed by atoms with E-state index in [2.05, 4.69) is 4.99 Å². The number of fused-ring (bicyclic) bond motifs is 3. The summed E-state index contributed by atoms with van der Waals surface area (Å²) in [5.74, 6) is -0.949. The largest absolute Gasteiger partial charge is 0.481 e. The van der Waals surface area contributed by atoms with Gasteiger partial charge in [-0.25, -0.2) is 18.9 Å². The Kier molecular flexibility index (Phi) is 8.02. The van der Waals surface area contributed by atoms with Gasteiger partial charge < -0.3 is 14.3 Å². The van der Waals surface area contributed by atoms with Gasteiger partial charge in [-0.05, 0) is 51.1 Å². The van der Waals surface area contributed by atoms with Crippen molar-refractivity contribution in [3.8, 4) is 0 Å². The Balaban J connectivity index is 1.72. The first kappa shape index (κ1) is 27.9. The highest BCUT2D eigenvalue weighted by Gasteiger charge is 2.48. The minimum atomic E-state index is -4.10. The van der Waals surface area contributed by atoms with Gasteiger partial charge in [-0.15, -0.1) is 0 Å². The van der Waals surface area contributed by atoms with Gasteiger partial charge in [-0.1, -0.05) is 0 Å². The van der Waals surface area contributed by atoms with Gasteiger partial charge in [0.1, 0.15) is 17.2 Å². The molecule has 1 amide bonds. The van der Waals surface area contributed by atoms with Crippen LogP contribution in [-0.4, -0.2) is 70.5 Å². The number of carbonyl (C=O) groups is 2. The van der Waals surface area contributed by atoms with E-state index >= 15 is 0 Å². The minimum Gasteiger partial charge on any atom is -0.481 e. The van der Waals surface area contributed by atoms with Gasteiger partial charge in [0, 0.05) is 40.3 Å². The summed E-state index contributed by atoms with van der Waals surface area (Å²) in [6.45, 7) is 5.78. The number of nitrogens with one attached hydrogen (secondary N) is 1. The quantitative estimate of drug-likeness (QED) is 0.160. The van der Waals surface area contributed by atoms with Crippen LogP contribution in [0.2, 0.25) is 0 Å². The Morgan fingerprint density at radius 3 is 2.63 bits per heavy atom. The van der Waals surface area contributed by atoms with Crippen molar-refractivity contribution in [3.63, 3.8) is 0 Å². The summed E-state index contributed by atoms with van der Waals surface area (Å²) in [5, 5.41) is 19.5. The van der Waals surface area contributed by atoms with Crippen molar-refractivity contribution in [3.05, 3.63) is 36.4 Å². The van der Waals surface area contributed by atoms with E-state index in [0.717, 1.165) is 4.31 Å². The van der Waals surface area contributed by atoms with Crippen LogP contribution in [0, 0.1) is 0 Å². The van der Waals surface area contributed by atoms with Crippen LogP contribution in [0.1, 0.15) is 33.6 Å². The average Bonchev–Trinajstić information content (AvgIpc) is 3.23. The van der Waals surface area contributed by atoms with Gasteiger partial charge in [-0.2, -0.15) is 16.1 Å². The number of carbonyl (C=O) groups excluding carboxylic acids is 1. The maximum atomic E-state index is 13.7. The average molecular weight is 564 g/mol. The summed E-state index contributed by atoms with van der Waals surface area (Å²) >= 11 is 1.46. The molecule has 4 rings (SSSR count). The van der Waals surface area contributed by atoms with Crippen molar-refractivity contribution in [1.82, 2.24) is 9.79 Å². The molecule has 1 unspecified atom stereocenters. The highest BCUT2D eigenvalue weighted by molar-refractivity contribution is 8.01. The van der Waals surface area contributed by atoms with Crippen molar-refractivity contribution in [2.45, 2.75) is 49.3 Å². The number of thioether (sulfide) groups is 1. The van der Waals surface area contributed by atoms with Gasteiger partial charge in [0.05, 0.1) is 23.6 Å². The SMILES string of the molecule is CCOC(CCC(=O)O)=Nc1ccc2c(c1)oc1ccc(S(=O)(=O)N3CCSC(C)(C)C3C(=O)NO)cc12. The van der Waals surface area contributed by atoms with Crippen LogP contribution in [0.3, 0.4) is 0 Å². The molecule has 13 heteroatoms. The standard InChI is InChI=1S/C25H29N3O8S2/c1-4-35-21(9-10-22(29)30)26-15-5-7-17-18-14-16(6-8-19(18)36-20(17)13-15)38(33,34)28-11-12-37-25(2,3)23(28)24(31)27-32/h5-8,13-14,23,32H,4,9-12H2,1-3H3,(H,27,31)(H,29,30). The van der Waals surface area contributed by atoms with Crippen molar-refractivity contribution in [1.29, 1.82) is 0 Å². The fourth-order valence-corrected chi connectivity index (χ4v) is 7.65. The molecule has 1 aliphatic rings. The van der Waals surface area contributed by atoms with Gasteiger partial charge in [-0.3, -0.25) is 14.8 Å². The summed E-state index contributed by atoms with van der Waals surface area (Å²) < 4.78 is 39.2. The van der Waals surface area contributed by atoms with Crippen molar-refractivity contribution in [2.75, 3.05) is 18.9 Å². The zero-order valence-corrected chi connectivity index (χ0v) is 22.8. The van der Waals surface area contributed by atoms with Gasteiger partial charge in [0.25, 0.3) is 5.91 Å². The topological polar surface area (TPSA) is 159 Å². The van der Waals surface area contributed by atoms with Crippen LogP contribution in [0.25, 0.3) is 21.9 Å². The van der Waals surface area contributed by atoms with E-state index in [9.17, 15) is 23.2 Å². The predicted octanol–water partition coefficient (Wildman–Crippen LogP) is 3.91. The number of aliphatic carboxylic acids is 1. The molecule has 1 atom stereocenters. The van der Waals surface area contributed by atoms with Crippen LogP contribution >= 0.6 is 11.8 Å². The molecule has 2 heterocycles. The zero-order chi connectivity index (χ0) is 27.7. The number of ether oxygens (including phenoxy) is 1. The first-order valence-electron chi connectivity index (χ1n) is 12.0.